The molecule has 3 nitrogen and oxygen atoms in total. The highest BCUT2D eigenvalue weighted by Crippen LogP contribution is 2.13. The van der Waals surface area contributed by atoms with Crippen molar-refractivity contribution in [3.05, 3.63) is 71.3 Å². The second-order valence-electron chi connectivity index (χ2n) is 5.14. The van der Waals surface area contributed by atoms with Crippen LogP contribution in [0, 0.1) is 6.92 Å². The molecule has 1 atom stereocenters. The second kappa shape index (κ2) is 7.60. The molecule has 2 aromatic rings. The van der Waals surface area contributed by atoms with Crippen molar-refractivity contribution in [2.24, 2.45) is 0 Å². The van der Waals surface area contributed by atoms with Gasteiger partial charge in [0.2, 0.25) is 5.91 Å². The summed E-state index contributed by atoms with van der Waals surface area (Å²) in [7, 11) is 0. The van der Waals surface area contributed by atoms with Gasteiger partial charge in [0.1, 0.15) is 0 Å². The van der Waals surface area contributed by atoms with E-state index < -0.39 is 0 Å². The van der Waals surface area contributed by atoms with Gasteiger partial charge < -0.3 is 10.4 Å². The van der Waals surface area contributed by atoms with Crippen molar-refractivity contribution in [1.29, 1.82) is 0 Å². The smallest absolute Gasteiger partial charge is 0.220 e. The zero-order chi connectivity index (χ0) is 15.1. The van der Waals surface area contributed by atoms with Crippen molar-refractivity contribution in [2.45, 2.75) is 25.8 Å². The fourth-order valence-corrected chi connectivity index (χ4v) is 2.33. The van der Waals surface area contributed by atoms with Crippen LogP contribution in [0.25, 0.3) is 0 Å². The molecule has 2 rings (SSSR count). The Morgan fingerprint density at radius 2 is 1.76 bits per heavy atom. The van der Waals surface area contributed by atoms with Crippen LogP contribution >= 0.6 is 0 Å². The molecular weight excluding hydrogens is 262 g/mol. The minimum atomic E-state index is -0.337. The molecule has 2 aromatic carbocycles. The van der Waals surface area contributed by atoms with Gasteiger partial charge in [-0.3, -0.25) is 4.79 Å². The third-order valence-corrected chi connectivity index (χ3v) is 3.60. The highest BCUT2D eigenvalue weighted by atomic mass is 16.3. The molecule has 0 radical (unpaired) electrons. The number of aliphatic hydroxyl groups excluding tert-OH is 1. The van der Waals surface area contributed by atoms with Crippen molar-refractivity contribution in [1.82, 2.24) is 5.32 Å². The summed E-state index contributed by atoms with van der Waals surface area (Å²) in [6.45, 7) is 1.95. The first kappa shape index (κ1) is 15.3. The lowest BCUT2D eigenvalue weighted by atomic mass is 10.0. The van der Waals surface area contributed by atoms with Crippen LogP contribution < -0.4 is 5.32 Å². The zero-order valence-electron chi connectivity index (χ0n) is 12.3. The number of benzene rings is 2. The number of nitrogens with one attached hydrogen (secondary N) is 1. The zero-order valence-corrected chi connectivity index (χ0v) is 12.3. The van der Waals surface area contributed by atoms with Crippen LogP contribution in [0.15, 0.2) is 54.6 Å². The van der Waals surface area contributed by atoms with E-state index in [0.29, 0.717) is 12.8 Å². The molecule has 21 heavy (non-hydrogen) atoms. The summed E-state index contributed by atoms with van der Waals surface area (Å²) >= 11 is 0. The number of rotatable bonds is 6. The third-order valence-electron chi connectivity index (χ3n) is 3.60. The van der Waals surface area contributed by atoms with Crippen LogP contribution in [0.4, 0.5) is 0 Å². The van der Waals surface area contributed by atoms with E-state index in [-0.39, 0.29) is 18.6 Å². The molecule has 2 N–H and O–H groups in total. The van der Waals surface area contributed by atoms with E-state index in [9.17, 15) is 9.90 Å². The van der Waals surface area contributed by atoms with Crippen LogP contribution in [0.2, 0.25) is 0 Å². The number of amides is 1. The SMILES string of the molecule is Cc1ccccc1CCC(=O)N[C@H](CO)c1ccccc1. The second-order valence-corrected chi connectivity index (χ2v) is 5.14. The number of hydrogen-bond acceptors (Lipinski definition) is 2. The third kappa shape index (κ3) is 4.43. The molecule has 110 valence electrons. The minimum absolute atomic E-state index is 0.0406. The van der Waals surface area contributed by atoms with Gasteiger partial charge in [0.05, 0.1) is 12.6 Å². The standard InChI is InChI=1S/C18H21NO2/c1-14-7-5-6-8-15(14)11-12-18(21)19-17(13-20)16-9-3-2-4-10-16/h2-10,17,20H,11-13H2,1H3,(H,19,21)/t17-/m1/s1. The maximum atomic E-state index is 12.0. The Morgan fingerprint density at radius 3 is 2.43 bits per heavy atom. The maximum Gasteiger partial charge on any atom is 0.220 e. The van der Waals surface area contributed by atoms with Crippen molar-refractivity contribution >= 4 is 5.91 Å². The molecule has 3 heteroatoms. The van der Waals surface area contributed by atoms with Gasteiger partial charge in [-0.05, 0) is 30.0 Å². The Hall–Kier alpha value is -2.13. The first-order valence-corrected chi connectivity index (χ1v) is 7.20. The number of carbonyl (C=O) groups is 1. The van der Waals surface area contributed by atoms with E-state index >= 15 is 0 Å². The molecule has 0 aromatic heterocycles. The number of hydrogen-bond donors (Lipinski definition) is 2. The maximum absolute atomic E-state index is 12.0. The summed E-state index contributed by atoms with van der Waals surface area (Å²) in [4.78, 5) is 12.0. The fourth-order valence-electron chi connectivity index (χ4n) is 2.33. The van der Waals surface area contributed by atoms with E-state index in [1.165, 1.54) is 11.1 Å². The minimum Gasteiger partial charge on any atom is -0.394 e. The molecule has 0 aliphatic carbocycles. The molecule has 0 heterocycles. The van der Waals surface area contributed by atoms with Crippen molar-refractivity contribution in [3.63, 3.8) is 0 Å². The Morgan fingerprint density at radius 1 is 1.10 bits per heavy atom. The van der Waals surface area contributed by atoms with Crippen LogP contribution in [0.1, 0.15) is 29.2 Å². The van der Waals surface area contributed by atoms with E-state index in [0.717, 1.165) is 5.56 Å². The lowest BCUT2D eigenvalue weighted by Crippen LogP contribution is -2.30. The average molecular weight is 283 g/mol. The topological polar surface area (TPSA) is 49.3 Å². The number of aliphatic hydroxyl groups is 1. The molecule has 1 amide bonds. The molecular formula is C18H21NO2. The van der Waals surface area contributed by atoms with Gasteiger partial charge in [-0.15, -0.1) is 0 Å². The number of carbonyl (C=O) groups excluding carboxylic acids is 1. The van der Waals surface area contributed by atoms with Gasteiger partial charge in [0.15, 0.2) is 0 Å². The fraction of sp³-hybridized carbons (Fsp3) is 0.278. The summed E-state index contributed by atoms with van der Waals surface area (Å²) < 4.78 is 0. The van der Waals surface area contributed by atoms with Gasteiger partial charge in [-0.25, -0.2) is 0 Å². The van der Waals surface area contributed by atoms with Crippen molar-refractivity contribution < 1.29 is 9.90 Å². The summed E-state index contributed by atoms with van der Waals surface area (Å²) in [5.41, 5.74) is 3.31. The van der Waals surface area contributed by atoms with Crippen molar-refractivity contribution in [3.8, 4) is 0 Å². The predicted molar refractivity (Wildman–Crippen MR) is 83.9 cm³/mol. The van der Waals surface area contributed by atoms with E-state index in [2.05, 4.69) is 5.32 Å². The molecule has 0 aliphatic rings. The molecule has 0 bridgehead atoms. The van der Waals surface area contributed by atoms with Gasteiger partial charge in [0.25, 0.3) is 0 Å². The predicted octanol–water partition coefficient (Wildman–Crippen LogP) is 2.78. The average Bonchev–Trinajstić information content (AvgIpc) is 2.52. The highest BCUT2D eigenvalue weighted by molar-refractivity contribution is 5.76. The van der Waals surface area contributed by atoms with Gasteiger partial charge >= 0.3 is 0 Å². The van der Waals surface area contributed by atoms with E-state index in [4.69, 9.17) is 0 Å². The lowest BCUT2D eigenvalue weighted by Gasteiger charge is -2.17. The Kier molecular flexibility index (Phi) is 5.52. The number of aryl methyl sites for hydroxylation is 2. The van der Waals surface area contributed by atoms with Crippen LogP contribution in [-0.2, 0) is 11.2 Å². The molecule has 0 saturated heterocycles. The Labute approximate surface area is 125 Å². The van der Waals surface area contributed by atoms with Crippen LogP contribution in [-0.4, -0.2) is 17.6 Å². The molecule has 0 unspecified atom stereocenters. The Balaban J connectivity index is 1.90. The summed E-state index contributed by atoms with van der Waals surface area (Å²) in [5.74, 6) is -0.0406. The summed E-state index contributed by atoms with van der Waals surface area (Å²) in [5, 5.41) is 12.3. The largest absolute Gasteiger partial charge is 0.394 e. The monoisotopic (exact) mass is 283 g/mol. The lowest BCUT2D eigenvalue weighted by molar-refractivity contribution is -0.122. The van der Waals surface area contributed by atoms with Gasteiger partial charge in [0, 0.05) is 6.42 Å². The van der Waals surface area contributed by atoms with Crippen LogP contribution in [0.3, 0.4) is 0 Å². The Bertz CT molecular complexity index is 581. The highest BCUT2D eigenvalue weighted by Gasteiger charge is 2.13. The quantitative estimate of drug-likeness (QED) is 0.856. The summed E-state index contributed by atoms with van der Waals surface area (Å²) in [6.07, 6.45) is 1.14. The van der Waals surface area contributed by atoms with Crippen molar-refractivity contribution in [2.75, 3.05) is 6.61 Å². The van der Waals surface area contributed by atoms with Gasteiger partial charge in [-0.1, -0.05) is 54.6 Å². The molecule has 0 saturated carbocycles. The van der Waals surface area contributed by atoms with E-state index in [1.54, 1.807) is 0 Å². The van der Waals surface area contributed by atoms with Crippen LogP contribution in [0.5, 0.6) is 0 Å². The first-order chi connectivity index (χ1) is 10.2. The van der Waals surface area contributed by atoms with E-state index in [1.807, 2.05) is 61.5 Å². The van der Waals surface area contributed by atoms with Gasteiger partial charge in [-0.2, -0.15) is 0 Å². The first-order valence-electron chi connectivity index (χ1n) is 7.20. The normalized spacial score (nSPS) is 11.9. The molecule has 0 spiro atoms. The summed E-state index contributed by atoms with van der Waals surface area (Å²) in [6, 6.07) is 17.3. The molecule has 0 aliphatic heterocycles. The molecule has 0 fully saturated rings.